The zero-order valence-corrected chi connectivity index (χ0v) is 16.4. The summed E-state index contributed by atoms with van der Waals surface area (Å²) in [5.74, 6) is 0.747. The minimum absolute atomic E-state index is 0.0627. The Hall–Kier alpha value is -2.50. The largest absolute Gasteiger partial charge is 0.490 e. The average molecular weight is 399 g/mol. The summed E-state index contributed by atoms with van der Waals surface area (Å²) in [4.78, 5) is 15.4. The van der Waals surface area contributed by atoms with Crippen molar-refractivity contribution in [2.45, 2.75) is 13.5 Å². The summed E-state index contributed by atoms with van der Waals surface area (Å²) in [6.45, 7) is 3.88. The van der Waals surface area contributed by atoms with Crippen molar-refractivity contribution in [3.05, 3.63) is 75.6 Å². The molecule has 6 heteroatoms. The highest BCUT2D eigenvalue weighted by molar-refractivity contribution is 7.18. The number of hydrogen-bond donors (Lipinski definition) is 1. The van der Waals surface area contributed by atoms with Crippen LogP contribution in [0.25, 0.3) is 0 Å². The van der Waals surface area contributed by atoms with Crippen molar-refractivity contribution in [3.8, 4) is 5.75 Å². The van der Waals surface area contributed by atoms with Gasteiger partial charge in [0, 0.05) is 11.6 Å². The van der Waals surface area contributed by atoms with Crippen LogP contribution in [0.5, 0.6) is 5.75 Å². The summed E-state index contributed by atoms with van der Waals surface area (Å²) in [7, 11) is 0. The van der Waals surface area contributed by atoms with Crippen LogP contribution in [-0.4, -0.2) is 19.1 Å². The van der Waals surface area contributed by atoms with Gasteiger partial charge in [-0.15, -0.1) is 11.3 Å². The minimum atomic E-state index is -0.0627. The lowest BCUT2D eigenvalue weighted by molar-refractivity contribution is 0.0955. The van der Waals surface area contributed by atoms with Gasteiger partial charge in [-0.3, -0.25) is 4.79 Å². The Bertz CT molecular complexity index is 986. The Morgan fingerprint density at radius 1 is 1.22 bits per heavy atom. The van der Waals surface area contributed by atoms with E-state index < -0.39 is 0 Å². The number of hydrogen-bond acceptors (Lipinski definition) is 4. The molecule has 27 heavy (non-hydrogen) atoms. The molecule has 1 aliphatic rings. The number of halogens is 1. The maximum absolute atomic E-state index is 12.5. The van der Waals surface area contributed by atoms with Gasteiger partial charge in [-0.25, -0.2) is 0 Å². The topological polar surface area (TPSA) is 41.6 Å². The average Bonchev–Trinajstić information content (AvgIpc) is 3.16. The molecule has 0 radical (unpaired) electrons. The number of ether oxygens (including phenoxy) is 1. The summed E-state index contributed by atoms with van der Waals surface area (Å²) >= 11 is 7.62. The molecule has 0 saturated heterocycles. The number of anilines is 2. The quantitative estimate of drug-likeness (QED) is 0.659. The molecule has 138 valence electrons. The van der Waals surface area contributed by atoms with Gasteiger partial charge in [0.25, 0.3) is 5.91 Å². The second kappa shape index (κ2) is 7.62. The van der Waals surface area contributed by atoms with Crippen molar-refractivity contribution in [1.82, 2.24) is 5.32 Å². The number of benzene rings is 2. The highest BCUT2D eigenvalue weighted by Crippen LogP contribution is 2.40. The Labute approximate surface area is 167 Å². The summed E-state index contributed by atoms with van der Waals surface area (Å²) in [6, 6.07) is 17.6. The van der Waals surface area contributed by atoms with E-state index in [4.69, 9.17) is 16.3 Å². The standard InChI is InChI=1S/C21H19ClN2O2S/c1-14-3-2-4-15(11-14)13-23-21(25)19-7-8-20(27-19)24-9-10-26-18-6-5-16(22)12-17(18)24/h2-8,11-12H,9-10,13H2,1H3,(H,23,25). The molecule has 0 fully saturated rings. The smallest absolute Gasteiger partial charge is 0.261 e. The van der Waals surface area contributed by atoms with Crippen LogP contribution in [0.1, 0.15) is 20.8 Å². The lowest BCUT2D eigenvalue weighted by Crippen LogP contribution is -2.27. The van der Waals surface area contributed by atoms with Crippen LogP contribution in [0.15, 0.2) is 54.6 Å². The van der Waals surface area contributed by atoms with E-state index in [1.54, 1.807) is 0 Å². The Balaban J connectivity index is 1.49. The number of amides is 1. The highest BCUT2D eigenvalue weighted by Gasteiger charge is 2.22. The molecule has 0 saturated carbocycles. The van der Waals surface area contributed by atoms with Gasteiger partial charge < -0.3 is 15.0 Å². The second-order valence-electron chi connectivity index (χ2n) is 6.42. The van der Waals surface area contributed by atoms with Gasteiger partial charge in [-0.05, 0) is 42.8 Å². The van der Waals surface area contributed by atoms with Crippen molar-refractivity contribution in [2.75, 3.05) is 18.1 Å². The fourth-order valence-corrected chi connectivity index (χ4v) is 4.23. The molecule has 0 spiro atoms. The van der Waals surface area contributed by atoms with Crippen LogP contribution in [0.2, 0.25) is 5.02 Å². The number of nitrogens with one attached hydrogen (secondary N) is 1. The number of fused-ring (bicyclic) bond motifs is 1. The monoisotopic (exact) mass is 398 g/mol. The van der Waals surface area contributed by atoms with Crippen LogP contribution in [0.4, 0.5) is 10.7 Å². The normalized spacial score (nSPS) is 13.0. The first-order valence-corrected chi connectivity index (χ1v) is 9.93. The summed E-state index contributed by atoms with van der Waals surface area (Å²) in [5, 5.41) is 4.66. The molecule has 0 unspecified atom stereocenters. The van der Waals surface area contributed by atoms with Gasteiger partial charge >= 0.3 is 0 Å². The lowest BCUT2D eigenvalue weighted by atomic mass is 10.1. The van der Waals surface area contributed by atoms with Crippen molar-refractivity contribution < 1.29 is 9.53 Å². The first-order valence-electron chi connectivity index (χ1n) is 8.73. The van der Waals surface area contributed by atoms with E-state index in [0.29, 0.717) is 23.1 Å². The van der Waals surface area contributed by atoms with Crippen molar-refractivity contribution in [3.63, 3.8) is 0 Å². The Morgan fingerprint density at radius 3 is 2.96 bits per heavy atom. The van der Waals surface area contributed by atoms with Gasteiger partial charge in [0.1, 0.15) is 12.4 Å². The van der Waals surface area contributed by atoms with E-state index in [2.05, 4.69) is 16.3 Å². The molecule has 0 bridgehead atoms. The molecule has 3 aromatic rings. The first-order chi connectivity index (χ1) is 13.1. The van der Waals surface area contributed by atoms with Gasteiger partial charge in [-0.2, -0.15) is 0 Å². The molecule has 0 aliphatic carbocycles. The summed E-state index contributed by atoms with van der Waals surface area (Å²) in [6.07, 6.45) is 0. The first kappa shape index (κ1) is 17.9. The van der Waals surface area contributed by atoms with E-state index in [0.717, 1.165) is 28.5 Å². The van der Waals surface area contributed by atoms with Gasteiger partial charge in [-0.1, -0.05) is 41.4 Å². The van der Waals surface area contributed by atoms with Crippen LogP contribution in [0, 0.1) is 6.92 Å². The third-order valence-electron chi connectivity index (χ3n) is 4.40. The van der Waals surface area contributed by atoms with Crippen LogP contribution < -0.4 is 15.0 Å². The number of aryl methyl sites for hydroxylation is 1. The molecular weight excluding hydrogens is 380 g/mol. The summed E-state index contributed by atoms with van der Waals surface area (Å²) < 4.78 is 5.71. The third kappa shape index (κ3) is 3.94. The van der Waals surface area contributed by atoms with E-state index in [-0.39, 0.29) is 5.91 Å². The maximum Gasteiger partial charge on any atom is 0.261 e. The molecule has 2 aromatic carbocycles. The fourth-order valence-electron chi connectivity index (χ4n) is 3.11. The number of carbonyl (C=O) groups excluding carboxylic acids is 1. The van der Waals surface area contributed by atoms with Crippen LogP contribution >= 0.6 is 22.9 Å². The zero-order chi connectivity index (χ0) is 18.8. The minimum Gasteiger partial charge on any atom is -0.490 e. The fraction of sp³-hybridized carbons (Fsp3) is 0.190. The van der Waals surface area contributed by atoms with Gasteiger partial charge in [0.15, 0.2) is 0 Å². The molecule has 1 aromatic heterocycles. The van der Waals surface area contributed by atoms with E-state index in [1.807, 2.05) is 55.5 Å². The SMILES string of the molecule is Cc1cccc(CNC(=O)c2ccc(N3CCOc4ccc(Cl)cc43)s2)c1. The molecule has 4 nitrogen and oxygen atoms in total. The molecular formula is C21H19ClN2O2S. The van der Waals surface area contributed by atoms with Gasteiger partial charge in [0.2, 0.25) is 0 Å². The second-order valence-corrected chi connectivity index (χ2v) is 7.92. The van der Waals surface area contributed by atoms with Crippen LogP contribution in [0.3, 0.4) is 0 Å². The third-order valence-corrected chi connectivity index (χ3v) is 5.74. The number of carbonyl (C=O) groups is 1. The highest BCUT2D eigenvalue weighted by atomic mass is 35.5. The lowest BCUT2D eigenvalue weighted by Gasteiger charge is -2.30. The molecule has 1 amide bonds. The molecule has 4 rings (SSSR count). The number of nitrogens with zero attached hydrogens (tertiary/aromatic N) is 1. The predicted octanol–water partition coefficient (Wildman–Crippen LogP) is 5.17. The van der Waals surface area contributed by atoms with E-state index >= 15 is 0 Å². The van der Waals surface area contributed by atoms with E-state index in [1.165, 1.54) is 16.9 Å². The van der Waals surface area contributed by atoms with Crippen molar-refractivity contribution in [2.24, 2.45) is 0 Å². The van der Waals surface area contributed by atoms with E-state index in [9.17, 15) is 4.79 Å². The zero-order valence-electron chi connectivity index (χ0n) is 14.9. The Morgan fingerprint density at radius 2 is 2.11 bits per heavy atom. The number of thiophene rings is 1. The van der Waals surface area contributed by atoms with Crippen molar-refractivity contribution in [1.29, 1.82) is 0 Å². The molecule has 1 N–H and O–H groups in total. The van der Waals surface area contributed by atoms with Crippen LogP contribution in [-0.2, 0) is 6.54 Å². The number of rotatable bonds is 4. The molecule has 0 atom stereocenters. The van der Waals surface area contributed by atoms with Crippen molar-refractivity contribution >= 4 is 39.5 Å². The molecule has 2 heterocycles. The predicted molar refractivity (Wildman–Crippen MR) is 111 cm³/mol. The van der Waals surface area contributed by atoms with Gasteiger partial charge in [0.05, 0.1) is 22.1 Å². The summed E-state index contributed by atoms with van der Waals surface area (Å²) in [5.41, 5.74) is 3.21. The Kier molecular flexibility index (Phi) is 5.05. The maximum atomic E-state index is 12.5. The molecule has 1 aliphatic heterocycles.